The highest BCUT2D eigenvalue weighted by Crippen LogP contribution is 2.34. The summed E-state index contributed by atoms with van der Waals surface area (Å²) in [4.78, 5) is 28.8. The molecule has 2 aromatic heterocycles. The van der Waals surface area contributed by atoms with Crippen LogP contribution in [-0.4, -0.2) is 60.0 Å². The number of carbonyl (C=O) groups is 1. The van der Waals surface area contributed by atoms with Gasteiger partial charge in [0.15, 0.2) is 11.4 Å². The summed E-state index contributed by atoms with van der Waals surface area (Å²) in [5.41, 5.74) is 3.51. The van der Waals surface area contributed by atoms with E-state index in [4.69, 9.17) is 16.0 Å². The summed E-state index contributed by atoms with van der Waals surface area (Å²) in [5, 5.41) is 1.74. The number of benzene rings is 2. The summed E-state index contributed by atoms with van der Waals surface area (Å²) in [7, 11) is 0. The summed E-state index contributed by atoms with van der Waals surface area (Å²) < 4.78 is 6.11. The van der Waals surface area contributed by atoms with Crippen LogP contribution in [0.15, 0.2) is 59.3 Å². The van der Waals surface area contributed by atoms with Crippen LogP contribution in [0.25, 0.3) is 22.1 Å². The predicted molar refractivity (Wildman–Crippen MR) is 134 cm³/mol. The predicted octanol–water partition coefficient (Wildman–Crippen LogP) is 4.59. The van der Waals surface area contributed by atoms with Gasteiger partial charge in [0.05, 0.1) is 0 Å². The Balaban J connectivity index is 1.10. The second kappa shape index (κ2) is 8.80. The molecule has 0 bridgehead atoms. The lowest BCUT2D eigenvalue weighted by Crippen LogP contribution is -2.51. The van der Waals surface area contributed by atoms with Crippen molar-refractivity contribution in [2.24, 2.45) is 5.92 Å². The molecule has 2 fully saturated rings. The molecule has 2 aliphatic rings. The zero-order valence-electron chi connectivity index (χ0n) is 18.9. The molecule has 2 aromatic carbocycles. The SMILES string of the molecule is O=C(C1CCN(c2ncnc3c2oc2ccccc23)CC1)N1CCN(c2cccc(Cl)c2)CC1. The number of halogens is 1. The van der Waals surface area contributed by atoms with Crippen molar-refractivity contribution in [3.8, 4) is 0 Å². The van der Waals surface area contributed by atoms with Crippen molar-refractivity contribution < 1.29 is 9.21 Å². The van der Waals surface area contributed by atoms with Crippen LogP contribution in [0.2, 0.25) is 5.02 Å². The van der Waals surface area contributed by atoms with Crippen molar-refractivity contribution in [3.63, 3.8) is 0 Å². The fourth-order valence-electron chi connectivity index (χ4n) is 5.19. The standard InChI is InChI=1S/C26H26ClN5O2/c27-19-4-3-5-20(16-19)30-12-14-32(15-13-30)26(33)18-8-10-31(11-9-18)25-24-23(28-17-29-25)21-6-1-2-7-22(21)34-24/h1-7,16-18H,8-15H2. The minimum absolute atomic E-state index is 0.0574. The Kier molecular flexibility index (Phi) is 5.49. The van der Waals surface area contributed by atoms with Gasteiger partial charge in [0.25, 0.3) is 0 Å². The van der Waals surface area contributed by atoms with Crippen LogP contribution in [-0.2, 0) is 4.79 Å². The number of hydrogen-bond donors (Lipinski definition) is 0. The number of para-hydroxylation sites is 1. The number of anilines is 2. The van der Waals surface area contributed by atoms with Crippen molar-refractivity contribution in [2.75, 3.05) is 49.1 Å². The van der Waals surface area contributed by atoms with E-state index in [1.54, 1.807) is 6.33 Å². The first kappa shape index (κ1) is 21.2. The molecule has 174 valence electrons. The number of carbonyl (C=O) groups excluding carboxylic acids is 1. The number of hydrogen-bond acceptors (Lipinski definition) is 6. The minimum Gasteiger partial charge on any atom is -0.450 e. The molecule has 0 spiro atoms. The van der Waals surface area contributed by atoms with Gasteiger partial charge in [-0.05, 0) is 43.2 Å². The van der Waals surface area contributed by atoms with Gasteiger partial charge in [-0.25, -0.2) is 9.97 Å². The monoisotopic (exact) mass is 475 g/mol. The molecule has 34 heavy (non-hydrogen) atoms. The van der Waals surface area contributed by atoms with E-state index in [1.165, 1.54) is 0 Å². The fraction of sp³-hybridized carbons (Fsp3) is 0.346. The lowest BCUT2D eigenvalue weighted by Gasteiger charge is -2.39. The van der Waals surface area contributed by atoms with Crippen LogP contribution in [0.4, 0.5) is 11.5 Å². The molecular weight excluding hydrogens is 450 g/mol. The molecule has 0 aliphatic carbocycles. The van der Waals surface area contributed by atoms with Crippen LogP contribution < -0.4 is 9.80 Å². The van der Waals surface area contributed by atoms with Crippen LogP contribution in [0.1, 0.15) is 12.8 Å². The number of piperidine rings is 1. The molecule has 7 nitrogen and oxygen atoms in total. The van der Waals surface area contributed by atoms with Gasteiger partial charge in [-0.2, -0.15) is 0 Å². The number of piperazine rings is 1. The Morgan fingerprint density at radius 3 is 2.50 bits per heavy atom. The van der Waals surface area contributed by atoms with Gasteiger partial charge in [0.2, 0.25) is 5.91 Å². The maximum atomic E-state index is 13.2. The first-order valence-corrected chi connectivity index (χ1v) is 12.2. The van der Waals surface area contributed by atoms with Crippen LogP contribution in [0, 0.1) is 5.92 Å². The summed E-state index contributed by atoms with van der Waals surface area (Å²) in [6, 6.07) is 15.9. The number of nitrogens with zero attached hydrogens (tertiary/aromatic N) is 5. The smallest absolute Gasteiger partial charge is 0.225 e. The van der Waals surface area contributed by atoms with E-state index in [2.05, 4.69) is 25.8 Å². The van der Waals surface area contributed by atoms with Gasteiger partial charge in [-0.1, -0.05) is 29.8 Å². The molecule has 8 heteroatoms. The average Bonchev–Trinajstić information content (AvgIpc) is 3.27. The summed E-state index contributed by atoms with van der Waals surface area (Å²) in [6.07, 6.45) is 3.24. The lowest BCUT2D eigenvalue weighted by molar-refractivity contribution is -0.136. The molecule has 0 unspecified atom stereocenters. The number of aromatic nitrogens is 2. The molecule has 0 N–H and O–H groups in total. The number of amides is 1. The second-order valence-electron chi connectivity index (χ2n) is 9.03. The molecule has 0 radical (unpaired) electrons. The Morgan fingerprint density at radius 2 is 1.71 bits per heavy atom. The zero-order chi connectivity index (χ0) is 23.1. The van der Waals surface area contributed by atoms with Crippen molar-refractivity contribution in [1.29, 1.82) is 0 Å². The fourth-order valence-corrected chi connectivity index (χ4v) is 5.38. The van der Waals surface area contributed by atoms with Crippen LogP contribution in [0.5, 0.6) is 0 Å². The van der Waals surface area contributed by atoms with E-state index >= 15 is 0 Å². The number of fused-ring (bicyclic) bond motifs is 3. The second-order valence-corrected chi connectivity index (χ2v) is 9.46. The Morgan fingerprint density at radius 1 is 0.912 bits per heavy atom. The molecular formula is C26H26ClN5O2. The minimum atomic E-state index is 0.0574. The highest BCUT2D eigenvalue weighted by Gasteiger charge is 2.32. The van der Waals surface area contributed by atoms with E-state index in [-0.39, 0.29) is 11.8 Å². The highest BCUT2D eigenvalue weighted by atomic mass is 35.5. The van der Waals surface area contributed by atoms with Crippen molar-refractivity contribution in [3.05, 3.63) is 59.9 Å². The van der Waals surface area contributed by atoms with E-state index in [1.807, 2.05) is 47.4 Å². The van der Waals surface area contributed by atoms with Crippen molar-refractivity contribution in [1.82, 2.24) is 14.9 Å². The maximum absolute atomic E-state index is 13.2. The molecule has 1 amide bonds. The third kappa shape index (κ3) is 3.84. The van der Waals surface area contributed by atoms with Gasteiger partial charge in [-0.3, -0.25) is 4.79 Å². The quantitative estimate of drug-likeness (QED) is 0.431. The normalized spacial score (nSPS) is 17.6. The Hall–Kier alpha value is -3.32. The molecule has 4 heterocycles. The third-order valence-electron chi connectivity index (χ3n) is 7.05. The summed E-state index contributed by atoms with van der Waals surface area (Å²) >= 11 is 6.14. The molecule has 4 aromatic rings. The van der Waals surface area contributed by atoms with Crippen molar-refractivity contribution in [2.45, 2.75) is 12.8 Å². The summed E-state index contributed by atoms with van der Waals surface area (Å²) in [6.45, 7) is 4.71. The summed E-state index contributed by atoms with van der Waals surface area (Å²) in [5.74, 6) is 1.16. The molecule has 6 rings (SSSR count). The van der Waals surface area contributed by atoms with E-state index in [0.29, 0.717) is 0 Å². The topological polar surface area (TPSA) is 65.7 Å². The van der Waals surface area contributed by atoms with Crippen LogP contribution in [0.3, 0.4) is 0 Å². The lowest BCUT2D eigenvalue weighted by atomic mass is 9.95. The van der Waals surface area contributed by atoms with Gasteiger partial charge in [0, 0.05) is 61.3 Å². The molecule has 2 saturated heterocycles. The average molecular weight is 476 g/mol. The first-order chi connectivity index (χ1) is 16.7. The van der Waals surface area contributed by atoms with E-state index in [9.17, 15) is 4.79 Å². The molecule has 0 saturated carbocycles. The van der Waals surface area contributed by atoms with Gasteiger partial charge < -0.3 is 19.1 Å². The number of rotatable bonds is 3. The largest absolute Gasteiger partial charge is 0.450 e. The first-order valence-electron chi connectivity index (χ1n) is 11.8. The maximum Gasteiger partial charge on any atom is 0.225 e. The van der Waals surface area contributed by atoms with E-state index < -0.39 is 0 Å². The van der Waals surface area contributed by atoms with E-state index in [0.717, 1.165) is 90.7 Å². The van der Waals surface area contributed by atoms with Gasteiger partial charge >= 0.3 is 0 Å². The molecule has 2 aliphatic heterocycles. The van der Waals surface area contributed by atoms with Gasteiger partial charge in [-0.15, -0.1) is 0 Å². The van der Waals surface area contributed by atoms with Crippen LogP contribution >= 0.6 is 11.6 Å². The van der Waals surface area contributed by atoms with Gasteiger partial charge in [0.1, 0.15) is 17.4 Å². The zero-order valence-corrected chi connectivity index (χ0v) is 19.6. The molecule has 0 atom stereocenters. The Labute approximate surface area is 202 Å². The third-order valence-corrected chi connectivity index (χ3v) is 7.28. The number of furan rings is 1. The Bertz CT molecular complexity index is 1340. The van der Waals surface area contributed by atoms with Crippen molar-refractivity contribution >= 4 is 51.1 Å². The highest BCUT2D eigenvalue weighted by molar-refractivity contribution is 6.30.